The van der Waals surface area contributed by atoms with Crippen molar-refractivity contribution in [3.05, 3.63) is 28.8 Å². The Morgan fingerprint density at radius 1 is 1.25 bits per heavy atom. The molecule has 2 saturated carbocycles. The summed E-state index contributed by atoms with van der Waals surface area (Å²) >= 11 is 6.46. The van der Waals surface area contributed by atoms with E-state index in [1.54, 1.807) is 0 Å². The van der Waals surface area contributed by atoms with Crippen LogP contribution in [0, 0.1) is 0 Å². The third-order valence-corrected chi connectivity index (χ3v) is 4.65. The summed E-state index contributed by atoms with van der Waals surface area (Å²) in [5, 5.41) is 13.6. The van der Waals surface area contributed by atoms with E-state index in [0.29, 0.717) is 18.6 Å². The zero-order valence-corrected chi connectivity index (χ0v) is 12.6. The predicted molar refractivity (Wildman–Crippen MR) is 83.4 cm³/mol. The normalized spacial score (nSPS) is 18.9. The van der Waals surface area contributed by atoms with Crippen molar-refractivity contribution < 1.29 is 5.11 Å². The lowest BCUT2D eigenvalue weighted by molar-refractivity contribution is 0.283. The van der Waals surface area contributed by atoms with Gasteiger partial charge in [-0.3, -0.25) is 0 Å². The molecular formula is C16H23ClN2O. The van der Waals surface area contributed by atoms with E-state index in [-0.39, 0.29) is 6.61 Å². The minimum Gasteiger partial charge on any atom is -0.395 e. The summed E-state index contributed by atoms with van der Waals surface area (Å²) in [5.74, 6) is 0. The van der Waals surface area contributed by atoms with Gasteiger partial charge in [-0.25, -0.2) is 0 Å². The standard InChI is InChI=1S/C16H23ClN2O/c17-15-10-12(11-18-13-5-6-13)4-7-16(15)19(8-9-20)14-2-1-3-14/h4,7,10,13-14,18,20H,1-3,5-6,8-9,11H2. The number of nitrogens with one attached hydrogen (secondary N) is 1. The summed E-state index contributed by atoms with van der Waals surface area (Å²) < 4.78 is 0. The summed E-state index contributed by atoms with van der Waals surface area (Å²) in [6, 6.07) is 7.60. The maximum atomic E-state index is 9.27. The summed E-state index contributed by atoms with van der Waals surface area (Å²) in [4.78, 5) is 2.27. The Morgan fingerprint density at radius 2 is 2.05 bits per heavy atom. The first-order valence-corrected chi connectivity index (χ1v) is 8.05. The lowest BCUT2D eigenvalue weighted by Gasteiger charge is -2.39. The molecule has 1 aromatic rings. The van der Waals surface area contributed by atoms with Crippen LogP contribution in [-0.2, 0) is 6.54 Å². The first kappa shape index (κ1) is 14.2. The molecular weight excluding hydrogens is 272 g/mol. The molecule has 0 spiro atoms. The number of nitrogens with zero attached hydrogens (tertiary/aromatic N) is 1. The molecule has 0 heterocycles. The maximum absolute atomic E-state index is 9.27. The van der Waals surface area contributed by atoms with Crippen LogP contribution in [-0.4, -0.2) is 30.3 Å². The molecule has 0 aliphatic heterocycles. The van der Waals surface area contributed by atoms with Gasteiger partial charge >= 0.3 is 0 Å². The number of hydrogen-bond donors (Lipinski definition) is 2. The molecule has 0 atom stereocenters. The highest BCUT2D eigenvalue weighted by Gasteiger charge is 2.26. The fourth-order valence-corrected chi connectivity index (χ4v) is 3.06. The third-order valence-electron chi connectivity index (χ3n) is 4.35. The smallest absolute Gasteiger partial charge is 0.0642 e. The largest absolute Gasteiger partial charge is 0.395 e. The monoisotopic (exact) mass is 294 g/mol. The molecule has 4 heteroatoms. The van der Waals surface area contributed by atoms with Crippen molar-refractivity contribution in [1.29, 1.82) is 0 Å². The van der Waals surface area contributed by atoms with Crippen molar-refractivity contribution in [3.8, 4) is 0 Å². The van der Waals surface area contributed by atoms with Crippen molar-refractivity contribution in [2.75, 3.05) is 18.1 Å². The lowest BCUT2D eigenvalue weighted by Crippen LogP contribution is -2.42. The Balaban J connectivity index is 1.70. The van der Waals surface area contributed by atoms with E-state index in [4.69, 9.17) is 11.6 Å². The van der Waals surface area contributed by atoms with Crippen LogP contribution in [0.3, 0.4) is 0 Å². The molecule has 20 heavy (non-hydrogen) atoms. The number of hydrogen-bond acceptors (Lipinski definition) is 3. The highest BCUT2D eigenvalue weighted by Crippen LogP contribution is 2.34. The van der Waals surface area contributed by atoms with Crippen LogP contribution < -0.4 is 10.2 Å². The fourth-order valence-electron chi connectivity index (χ4n) is 2.75. The van der Waals surface area contributed by atoms with Crippen LogP contribution in [0.25, 0.3) is 0 Å². The summed E-state index contributed by atoms with van der Waals surface area (Å²) in [6.45, 7) is 1.75. The zero-order chi connectivity index (χ0) is 13.9. The van der Waals surface area contributed by atoms with Gasteiger partial charge in [0.2, 0.25) is 0 Å². The van der Waals surface area contributed by atoms with Crippen LogP contribution in [0.5, 0.6) is 0 Å². The first-order chi connectivity index (χ1) is 9.78. The van der Waals surface area contributed by atoms with Gasteiger partial charge in [0, 0.05) is 25.2 Å². The van der Waals surface area contributed by atoms with Gasteiger partial charge in [0.1, 0.15) is 0 Å². The van der Waals surface area contributed by atoms with E-state index in [1.165, 1.54) is 37.7 Å². The first-order valence-electron chi connectivity index (χ1n) is 7.67. The van der Waals surface area contributed by atoms with Gasteiger partial charge < -0.3 is 15.3 Å². The van der Waals surface area contributed by atoms with Crippen LogP contribution in [0.4, 0.5) is 5.69 Å². The highest BCUT2D eigenvalue weighted by atomic mass is 35.5. The van der Waals surface area contributed by atoms with E-state index in [9.17, 15) is 5.11 Å². The molecule has 0 saturated heterocycles. The number of anilines is 1. The van der Waals surface area contributed by atoms with Gasteiger partial charge in [-0.2, -0.15) is 0 Å². The molecule has 2 N–H and O–H groups in total. The molecule has 3 rings (SSSR count). The van der Waals surface area contributed by atoms with Gasteiger partial charge in [-0.1, -0.05) is 17.7 Å². The van der Waals surface area contributed by atoms with Gasteiger partial charge in [-0.15, -0.1) is 0 Å². The fraction of sp³-hybridized carbons (Fsp3) is 0.625. The van der Waals surface area contributed by atoms with Crippen molar-refractivity contribution in [1.82, 2.24) is 5.32 Å². The minimum absolute atomic E-state index is 0.178. The Hall–Kier alpha value is -0.770. The van der Waals surface area contributed by atoms with Crippen molar-refractivity contribution >= 4 is 17.3 Å². The Morgan fingerprint density at radius 3 is 2.60 bits per heavy atom. The molecule has 0 unspecified atom stereocenters. The number of benzene rings is 1. The zero-order valence-electron chi connectivity index (χ0n) is 11.8. The van der Waals surface area contributed by atoms with Gasteiger partial charge in [0.05, 0.1) is 17.3 Å². The quantitative estimate of drug-likeness (QED) is 0.812. The molecule has 2 aliphatic carbocycles. The van der Waals surface area contributed by atoms with Crippen molar-refractivity contribution in [2.24, 2.45) is 0 Å². The second-order valence-electron chi connectivity index (χ2n) is 5.94. The molecule has 0 aromatic heterocycles. The van der Waals surface area contributed by atoms with Crippen LogP contribution in [0.1, 0.15) is 37.7 Å². The van der Waals surface area contributed by atoms with Crippen LogP contribution >= 0.6 is 11.6 Å². The van der Waals surface area contributed by atoms with Gasteiger partial charge in [0.25, 0.3) is 0 Å². The van der Waals surface area contributed by atoms with Crippen LogP contribution in [0.2, 0.25) is 5.02 Å². The molecule has 3 nitrogen and oxygen atoms in total. The molecule has 1 aromatic carbocycles. The van der Waals surface area contributed by atoms with Crippen molar-refractivity contribution in [3.63, 3.8) is 0 Å². The van der Waals surface area contributed by atoms with Gasteiger partial charge in [0.15, 0.2) is 0 Å². The maximum Gasteiger partial charge on any atom is 0.0642 e. The average Bonchev–Trinajstić information content (AvgIpc) is 3.18. The Kier molecular flexibility index (Phi) is 4.49. The second kappa shape index (κ2) is 6.33. The summed E-state index contributed by atoms with van der Waals surface area (Å²) in [6.07, 6.45) is 6.31. The molecule has 2 fully saturated rings. The van der Waals surface area contributed by atoms with E-state index >= 15 is 0 Å². The predicted octanol–water partition coefficient (Wildman–Crippen LogP) is 2.94. The van der Waals surface area contributed by atoms with Crippen LogP contribution in [0.15, 0.2) is 18.2 Å². The molecule has 0 radical (unpaired) electrons. The molecule has 0 amide bonds. The second-order valence-corrected chi connectivity index (χ2v) is 6.35. The van der Waals surface area contributed by atoms with E-state index in [2.05, 4.69) is 28.4 Å². The van der Waals surface area contributed by atoms with Crippen molar-refractivity contribution in [2.45, 2.75) is 50.7 Å². The van der Waals surface area contributed by atoms with Gasteiger partial charge in [-0.05, 0) is 49.8 Å². The van der Waals surface area contributed by atoms with E-state index in [1.807, 2.05) is 0 Å². The molecule has 2 aliphatic rings. The number of aliphatic hydroxyl groups excluding tert-OH is 1. The Labute approximate surface area is 125 Å². The molecule has 0 bridgehead atoms. The SMILES string of the molecule is OCCN(c1ccc(CNC2CC2)cc1Cl)C1CCC1. The topological polar surface area (TPSA) is 35.5 Å². The summed E-state index contributed by atoms with van der Waals surface area (Å²) in [5.41, 5.74) is 2.31. The minimum atomic E-state index is 0.178. The average molecular weight is 295 g/mol. The highest BCUT2D eigenvalue weighted by molar-refractivity contribution is 6.33. The number of aliphatic hydroxyl groups is 1. The Bertz CT molecular complexity index is 458. The summed E-state index contributed by atoms with van der Waals surface area (Å²) in [7, 11) is 0. The third kappa shape index (κ3) is 3.27. The van der Waals surface area contributed by atoms with E-state index in [0.717, 1.165) is 17.3 Å². The lowest BCUT2D eigenvalue weighted by atomic mass is 9.91. The van der Waals surface area contributed by atoms with E-state index < -0.39 is 0 Å². The number of rotatable bonds is 7. The molecule has 110 valence electrons. The number of halogens is 1.